The fraction of sp³-hybridized carbons (Fsp3) is 0.714. The number of nitrogen functional groups attached to an aromatic ring is 4. The Labute approximate surface area is 203 Å². The first-order valence-corrected chi connectivity index (χ1v) is 11.4. The summed E-state index contributed by atoms with van der Waals surface area (Å²) in [7, 11) is 0. The molecular formula is C21H34N10O4. The summed E-state index contributed by atoms with van der Waals surface area (Å²) in [5.41, 5.74) is 21.5. The van der Waals surface area contributed by atoms with E-state index < -0.39 is 23.4 Å². The van der Waals surface area contributed by atoms with Crippen molar-refractivity contribution in [3.8, 4) is 0 Å². The third-order valence-corrected chi connectivity index (χ3v) is 6.21. The van der Waals surface area contributed by atoms with Gasteiger partial charge in [-0.2, -0.15) is 29.9 Å². The topological polar surface area (TPSA) is 218 Å². The Morgan fingerprint density at radius 2 is 0.886 bits per heavy atom. The Hall–Kier alpha value is -2.94. The summed E-state index contributed by atoms with van der Waals surface area (Å²) in [5, 5.41) is 0. The molecule has 14 heteroatoms. The summed E-state index contributed by atoms with van der Waals surface area (Å²) < 4.78 is 24.2. The SMILES string of the molecule is CC(C)(CC1OCC2(CO1)COC(CC(C)(C)c1nc(N)nc(N)n1)OC2)c1nc(N)nc(N)n1. The summed E-state index contributed by atoms with van der Waals surface area (Å²) in [6, 6.07) is 0. The van der Waals surface area contributed by atoms with Gasteiger partial charge < -0.3 is 41.9 Å². The minimum absolute atomic E-state index is 0.0849. The maximum Gasteiger partial charge on any atom is 0.225 e. The highest BCUT2D eigenvalue weighted by Crippen LogP contribution is 2.37. The van der Waals surface area contributed by atoms with Gasteiger partial charge in [0.2, 0.25) is 23.8 Å². The first kappa shape index (κ1) is 25.2. The van der Waals surface area contributed by atoms with Crippen molar-refractivity contribution in [3.63, 3.8) is 0 Å². The van der Waals surface area contributed by atoms with E-state index in [2.05, 4.69) is 29.9 Å². The van der Waals surface area contributed by atoms with E-state index in [1.54, 1.807) is 0 Å². The Morgan fingerprint density at radius 1 is 0.600 bits per heavy atom. The van der Waals surface area contributed by atoms with Crippen molar-refractivity contribution in [2.75, 3.05) is 49.4 Å². The average Bonchev–Trinajstić information content (AvgIpc) is 2.76. The summed E-state index contributed by atoms with van der Waals surface area (Å²) in [6.45, 7) is 9.66. The summed E-state index contributed by atoms with van der Waals surface area (Å²) in [5.74, 6) is 1.32. The lowest BCUT2D eigenvalue weighted by Gasteiger charge is -2.45. The maximum absolute atomic E-state index is 6.05. The number of nitrogens with zero attached hydrogens (tertiary/aromatic N) is 6. The number of ether oxygens (including phenoxy) is 4. The van der Waals surface area contributed by atoms with Gasteiger partial charge in [0.05, 0.1) is 31.8 Å². The van der Waals surface area contributed by atoms with Crippen LogP contribution in [0.3, 0.4) is 0 Å². The molecule has 0 saturated carbocycles. The number of aromatic nitrogens is 6. The first-order chi connectivity index (χ1) is 16.4. The lowest BCUT2D eigenvalue weighted by Crippen LogP contribution is -2.53. The van der Waals surface area contributed by atoms with Crippen LogP contribution >= 0.6 is 0 Å². The summed E-state index contributed by atoms with van der Waals surface area (Å²) in [4.78, 5) is 24.5. The van der Waals surface area contributed by atoms with Crippen molar-refractivity contribution >= 4 is 23.8 Å². The second-order valence-corrected chi connectivity index (χ2v) is 10.5. The summed E-state index contributed by atoms with van der Waals surface area (Å²) in [6.07, 6.45) is 0.156. The second kappa shape index (κ2) is 9.26. The van der Waals surface area contributed by atoms with Gasteiger partial charge >= 0.3 is 0 Å². The van der Waals surface area contributed by atoms with E-state index >= 15 is 0 Å². The molecule has 2 aliphatic rings. The molecule has 14 nitrogen and oxygen atoms in total. The molecule has 0 amide bonds. The highest BCUT2D eigenvalue weighted by atomic mass is 16.7. The average molecular weight is 491 g/mol. The van der Waals surface area contributed by atoms with Crippen LogP contribution < -0.4 is 22.9 Å². The zero-order chi connectivity index (χ0) is 25.4. The van der Waals surface area contributed by atoms with Crippen LogP contribution in [-0.2, 0) is 29.8 Å². The van der Waals surface area contributed by atoms with Crippen LogP contribution in [0.4, 0.5) is 23.8 Å². The van der Waals surface area contributed by atoms with Crippen molar-refractivity contribution in [1.82, 2.24) is 29.9 Å². The third-order valence-electron chi connectivity index (χ3n) is 6.21. The number of anilines is 4. The molecule has 2 saturated heterocycles. The zero-order valence-corrected chi connectivity index (χ0v) is 20.5. The molecule has 35 heavy (non-hydrogen) atoms. The predicted molar refractivity (Wildman–Crippen MR) is 126 cm³/mol. The van der Waals surface area contributed by atoms with Gasteiger partial charge in [-0.25, -0.2) is 0 Å². The number of rotatable bonds is 6. The minimum atomic E-state index is -0.488. The van der Waals surface area contributed by atoms with Crippen molar-refractivity contribution in [2.24, 2.45) is 5.41 Å². The highest BCUT2D eigenvalue weighted by Gasteiger charge is 2.44. The number of hydrogen-bond donors (Lipinski definition) is 4. The van der Waals surface area contributed by atoms with E-state index in [4.69, 9.17) is 41.9 Å². The van der Waals surface area contributed by atoms with Crippen molar-refractivity contribution in [3.05, 3.63) is 11.6 Å². The van der Waals surface area contributed by atoms with E-state index in [0.29, 0.717) is 50.9 Å². The fourth-order valence-corrected chi connectivity index (χ4v) is 4.10. The van der Waals surface area contributed by atoms with Crippen molar-refractivity contribution < 1.29 is 18.9 Å². The normalized spacial score (nSPS) is 25.6. The summed E-state index contributed by atoms with van der Waals surface area (Å²) >= 11 is 0. The molecule has 0 radical (unpaired) electrons. The Bertz CT molecular complexity index is 923. The van der Waals surface area contributed by atoms with Crippen LogP contribution in [0.15, 0.2) is 0 Å². The monoisotopic (exact) mass is 490 g/mol. The van der Waals surface area contributed by atoms with Crippen LogP contribution in [0.1, 0.15) is 52.2 Å². The van der Waals surface area contributed by atoms with Crippen LogP contribution in [0.25, 0.3) is 0 Å². The molecule has 8 N–H and O–H groups in total. The standard InChI is InChI=1S/C21H34N10O4/c1-19(2,13-26-15(22)30-16(23)27-13)5-11-32-7-21(8-33-11)9-34-12(35-10-21)6-20(3,4)14-28-17(24)31-18(25)29-14/h11-12H,5-10H2,1-4H3,(H4,22,23,26,27,30)(H4,24,25,28,29,31). The van der Waals surface area contributed by atoms with Gasteiger partial charge in [-0.05, 0) is 0 Å². The molecule has 1 spiro atoms. The quantitative estimate of drug-likeness (QED) is 0.423. The second-order valence-electron chi connectivity index (χ2n) is 10.5. The van der Waals surface area contributed by atoms with Gasteiger partial charge in [0.1, 0.15) is 11.6 Å². The van der Waals surface area contributed by atoms with Gasteiger partial charge in [-0.3, -0.25) is 0 Å². The molecule has 0 atom stereocenters. The molecule has 0 bridgehead atoms. The molecular weight excluding hydrogens is 456 g/mol. The van der Waals surface area contributed by atoms with Crippen LogP contribution in [0.5, 0.6) is 0 Å². The lowest BCUT2D eigenvalue weighted by molar-refractivity contribution is -0.307. The van der Waals surface area contributed by atoms with E-state index in [9.17, 15) is 0 Å². The molecule has 2 aromatic heterocycles. The molecule has 2 aromatic rings. The molecule has 192 valence electrons. The van der Waals surface area contributed by atoms with Crippen LogP contribution in [0, 0.1) is 5.41 Å². The van der Waals surface area contributed by atoms with E-state index in [1.807, 2.05) is 27.7 Å². The highest BCUT2D eigenvalue weighted by molar-refractivity contribution is 5.29. The van der Waals surface area contributed by atoms with Crippen molar-refractivity contribution in [2.45, 2.75) is 63.9 Å². The Balaban J connectivity index is 1.30. The van der Waals surface area contributed by atoms with E-state index in [-0.39, 0.29) is 29.2 Å². The first-order valence-electron chi connectivity index (χ1n) is 11.4. The van der Waals surface area contributed by atoms with Crippen molar-refractivity contribution in [1.29, 1.82) is 0 Å². The van der Waals surface area contributed by atoms with E-state index in [0.717, 1.165) is 0 Å². The molecule has 0 aliphatic carbocycles. The Morgan fingerprint density at radius 3 is 1.17 bits per heavy atom. The van der Waals surface area contributed by atoms with Gasteiger partial charge in [-0.1, -0.05) is 27.7 Å². The van der Waals surface area contributed by atoms with Crippen LogP contribution in [0.2, 0.25) is 0 Å². The van der Waals surface area contributed by atoms with Crippen LogP contribution in [-0.4, -0.2) is 68.9 Å². The van der Waals surface area contributed by atoms with Gasteiger partial charge in [0, 0.05) is 23.7 Å². The molecule has 2 aliphatic heterocycles. The largest absolute Gasteiger partial charge is 0.368 e. The smallest absolute Gasteiger partial charge is 0.225 e. The zero-order valence-electron chi connectivity index (χ0n) is 20.5. The van der Waals surface area contributed by atoms with E-state index in [1.165, 1.54) is 0 Å². The molecule has 2 fully saturated rings. The predicted octanol–water partition coefficient (Wildman–Crippen LogP) is 0.153. The van der Waals surface area contributed by atoms with Gasteiger partial charge in [-0.15, -0.1) is 0 Å². The van der Waals surface area contributed by atoms with Gasteiger partial charge in [0.25, 0.3) is 0 Å². The minimum Gasteiger partial charge on any atom is -0.368 e. The molecule has 0 aromatic carbocycles. The third kappa shape index (κ3) is 5.83. The maximum atomic E-state index is 6.05. The molecule has 4 heterocycles. The fourth-order valence-electron chi connectivity index (χ4n) is 4.10. The van der Waals surface area contributed by atoms with Gasteiger partial charge in [0.15, 0.2) is 12.6 Å². The number of nitrogens with two attached hydrogens (primary N) is 4. The molecule has 0 unspecified atom stereocenters. The Kier molecular flexibility index (Phi) is 6.66. The lowest BCUT2D eigenvalue weighted by atomic mass is 9.85. The number of hydrogen-bond acceptors (Lipinski definition) is 14. The molecule has 4 rings (SSSR count).